The number of nitrogens with one attached hydrogen (secondary N) is 3. The summed E-state index contributed by atoms with van der Waals surface area (Å²) in [6.07, 6.45) is 0. The van der Waals surface area contributed by atoms with Crippen LogP contribution in [-0.2, 0) is 10.0 Å². The first-order valence-corrected chi connectivity index (χ1v) is 8.96. The van der Waals surface area contributed by atoms with E-state index in [2.05, 4.69) is 16.2 Å². The monoisotopic (exact) mass is 402 g/mol. The summed E-state index contributed by atoms with van der Waals surface area (Å²) >= 11 is 10.7. The SMILES string of the molecule is NS(=O)(=O)c1cc(C(=O)NNC(=S)Nc2ccccc2F)ccc1Cl. The van der Waals surface area contributed by atoms with Gasteiger partial charge in [0.1, 0.15) is 10.7 Å². The quantitative estimate of drug-likeness (QED) is 0.459. The Bertz CT molecular complexity index is 937. The van der Waals surface area contributed by atoms with Gasteiger partial charge in [0.05, 0.1) is 10.7 Å². The van der Waals surface area contributed by atoms with Crippen molar-refractivity contribution in [3.05, 3.63) is 58.9 Å². The van der Waals surface area contributed by atoms with Crippen molar-refractivity contribution in [2.45, 2.75) is 4.90 Å². The zero-order valence-electron chi connectivity index (χ0n) is 12.4. The third-order valence-corrected chi connectivity index (χ3v) is 4.51. The van der Waals surface area contributed by atoms with Crippen LogP contribution in [0.3, 0.4) is 0 Å². The number of carbonyl (C=O) groups is 1. The zero-order chi connectivity index (χ0) is 18.6. The first-order valence-electron chi connectivity index (χ1n) is 6.62. The van der Waals surface area contributed by atoms with Gasteiger partial charge in [0.15, 0.2) is 5.11 Å². The first-order chi connectivity index (χ1) is 11.7. The fraction of sp³-hybridized carbons (Fsp3) is 0. The highest BCUT2D eigenvalue weighted by Crippen LogP contribution is 2.21. The number of anilines is 1. The highest BCUT2D eigenvalue weighted by Gasteiger charge is 2.16. The highest BCUT2D eigenvalue weighted by atomic mass is 35.5. The lowest BCUT2D eigenvalue weighted by Crippen LogP contribution is -2.43. The number of halogens is 2. The van der Waals surface area contributed by atoms with Crippen molar-refractivity contribution in [2.75, 3.05) is 5.32 Å². The first kappa shape index (κ1) is 19.1. The molecule has 0 spiro atoms. The largest absolute Gasteiger partial charge is 0.329 e. The van der Waals surface area contributed by atoms with Gasteiger partial charge in [-0.05, 0) is 42.5 Å². The molecule has 132 valence electrons. The molecule has 11 heteroatoms. The lowest BCUT2D eigenvalue weighted by molar-refractivity contribution is 0.0944. The zero-order valence-corrected chi connectivity index (χ0v) is 14.8. The van der Waals surface area contributed by atoms with E-state index in [9.17, 15) is 17.6 Å². The lowest BCUT2D eigenvalue weighted by atomic mass is 10.2. The van der Waals surface area contributed by atoms with Crippen LogP contribution in [0.4, 0.5) is 10.1 Å². The highest BCUT2D eigenvalue weighted by molar-refractivity contribution is 7.89. The minimum Gasteiger partial charge on any atom is -0.329 e. The normalized spacial score (nSPS) is 10.8. The molecule has 0 bridgehead atoms. The number of sulfonamides is 1. The Morgan fingerprint density at radius 1 is 1.16 bits per heavy atom. The molecule has 0 aromatic heterocycles. The average Bonchev–Trinajstić information content (AvgIpc) is 2.54. The number of amides is 1. The molecule has 1 amide bonds. The number of benzene rings is 2. The van der Waals surface area contributed by atoms with Gasteiger partial charge in [-0.3, -0.25) is 15.6 Å². The molecule has 0 radical (unpaired) electrons. The van der Waals surface area contributed by atoms with Crippen LogP contribution in [0.25, 0.3) is 0 Å². The van der Waals surface area contributed by atoms with E-state index in [1.165, 1.54) is 30.3 Å². The summed E-state index contributed by atoms with van der Waals surface area (Å²) < 4.78 is 36.3. The number of rotatable bonds is 3. The van der Waals surface area contributed by atoms with Gasteiger partial charge in [-0.2, -0.15) is 0 Å². The van der Waals surface area contributed by atoms with Gasteiger partial charge in [-0.1, -0.05) is 23.7 Å². The maximum Gasteiger partial charge on any atom is 0.269 e. The van der Waals surface area contributed by atoms with Crippen LogP contribution in [0.15, 0.2) is 47.4 Å². The summed E-state index contributed by atoms with van der Waals surface area (Å²) in [6.45, 7) is 0. The van der Waals surface area contributed by atoms with E-state index in [0.717, 1.165) is 6.07 Å². The van der Waals surface area contributed by atoms with Crippen molar-refractivity contribution in [1.82, 2.24) is 10.9 Å². The number of primary sulfonamides is 1. The van der Waals surface area contributed by atoms with Crippen molar-refractivity contribution in [2.24, 2.45) is 5.14 Å². The van der Waals surface area contributed by atoms with Gasteiger partial charge in [0.2, 0.25) is 10.0 Å². The van der Waals surface area contributed by atoms with Crippen LogP contribution < -0.4 is 21.3 Å². The van der Waals surface area contributed by atoms with E-state index in [1.54, 1.807) is 6.07 Å². The summed E-state index contributed by atoms with van der Waals surface area (Å²) in [5.74, 6) is -1.22. The molecule has 0 atom stereocenters. The van der Waals surface area contributed by atoms with Crippen LogP contribution in [0.2, 0.25) is 5.02 Å². The minimum atomic E-state index is -4.08. The molecule has 7 nitrogen and oxygen atoms in total. The standard InChI is InChI=1S/C14H12ClFN4O3S2/c15-9-6-5-8(7-12(9)25(17,22)23)13(21)19-20-14(24)18-11-4-2-1-3-10(11)16/h1-7H,(H,19,21)(H2,17,22,23)(H2,18,20,24). The Kier molecular flexibility index (Phi) is 5.90. The lowest BCUT2D eigenvalue weighted by Gasteiger charge is -2.12. The van der Waals surface area contributed by atoms with Crippen LogP contribution in [0, 0.1) is 5.82 Å². The molecule has 0 heterocycles. The Morgan fingerprint density at radius 2 is 1.84 bits per heavy atom. The van der Waals surface area contributed by atoms with Crippen molar-refractivity contribution in [3.63, 3.8) is 0 Å². The molecule has 0 saturated carbocycles. The van der Waals surface area contributed by atoms with E-state index < -0.39 is 21.7 Å². The van der Waals surface area contributed by atoms with Crippen molar-refractivity contribution < 1.29 is 17.6 Å². The molecule has 25 heavy (non-hydrogen) atoms. The van der Waals surface area contributed by atoms with Gasteiger partial charge in [0.25, 0.3) is 5.91 Å². The molecular weight excluding hydrogens is 391 g/mol. The Hall–Kier alpha value is -2.27. The van der Waals surface area contributed by atoms with Gasteiger partial charge in [-0.25, -0.2) is 17.9 Å². The van der Waals surface area contributed by atoms with Gasteiger partial charge >= 0.3 is 0 Å². The van der Waals surface area contributed by atoms with E-state index in [0.29, 0.717) is 0 Å². The fourth-order valence-electron chi connectivity index (χ4n) is 1.76. The average molecular weight is 403 g/mol. The van der Waals surface area contributed by atoms with Gasteiger partial charge in [0, 0.05) is 5.56 Å². The van der Waals surface area contributed by atoms with Crippen LogP contribution >= 0.6 is 23.8 Å². The second kappa shape index (κ2) is 7.74. The molecule has 0 saturated heterocycles. The van der Waals surface area contributed by atoms with Crippen LogP contribution in [0.5, 0.6) is 0 Å². The second-order valence-corrected chi connectivity index (χ2v) is 7.05. The Balaban J connectivity index is 2.03. The van der Waals surface area contributed by atoms with Gasteiger partial charge < -0.3 is 5.32 Å². The second-order valence-electron chi connectivity index (χ2n) is 4.70. The molecule has 2 aromatic carbocycles. The van der Waals surface area contributed by atoms with E-state index in [-0.39, 0.29) is 26.3 Å². The number of para-hydroxylation sites is 1. The predicted octanol–water partition coefficient (Wildman–Crippen LogP) is 1.76. The maximum absolute atomic E-state index is 13.5. The molecular formula is C14H12ClFN4O3S2. The summed E-state index contributed by atoms with van der Waals surface area (Å²) in [5, 5.41) is 7.40. The summed E-state index contributed by atoms with van der Waals surface area (Å²) in [5.41, 5.74) is 4.72. The number of hydrazine groups is 1. The van der Waals surface area contributed by atoms with Crippen molar-refractivity contribution in [3.8, 4) is 0 Å². The Labute approximate surface area is 153 Å². The molecule has 0 unspecified atom stereocenters. The molecule has 0 aliphatic carbocycles. The minimum absolute atomic E-state index is 0.0189. The number of hydrogen-bond donors (Lipinski definition) is 4. The Morgan fingerprint density at radius 3 is 2.48 bits per heavy atom. The summed E-state index contributed by atoms with van der Waals surface area (Å²) in [7, 11) is -4.08. The molecule has 0 fully saturated rings. The number of thiocarbonyl (C=S) groups is 1. The van der Waals surface area contributed by atoms with Crippen molar-refractivity contribution in [1.29, 1.82) is 0 Å². The van der Waals surface area contributed by atoms with E-state index in [1.807, 2.05) is 0 Å². The van der Waals surface area contributed by atoms with E-state index >= 15 is 0 Å². The maximum atomic E-state index is 13.5. The van der Waals surface area contributed by atoms with E-state index in [4.69, 9.17) is 29.0 Å². The molecule has 0 aliphatic heterocycles. The molecule has 0 aliphatic rings. The summed E-state index contributed by atoms with van der Waals surface area (Å²) in [6, 6.07) is 9.39. The third kappa shape index (κ3) is 5.10. The molecule has 2 rings (SSSR count). The van der Waals surface area contributed by atoms with Crippen molar-refractivity contribution >= 4 is 50.5 Å². The van der Waals surface area contributed by atoms with Gasteiger partial charge in [-0.15, -0.1) is 0 Å². The number of carbonyl (C=O) groups excluding carboxylic acids is 1. The third-order valence-electron chi connectivity index (χ3n) is 2.91. The molecule has 5 N–H and O–H groups in total. The molecule has 2 aromatic rings. The number of hydrogen-bond acceptors (Lipinski definition) is 4. The summed E-state index contributed by atoms with van der Waals surface area (Å²) in [4.78, 5) is 11.7. The van der Waals surface area contributed by atoms with Crippen LogP contribution in [0.1, 0.15) is 10.4 Å². The smallest absolute Gasteiger partial charge is 0.269 e. The number of nitrogens with two attached hydrogens (primary N) is 1. The van der Waals surface area contributed by atoms with Crippen LogP contribution in [-0.4, -0.2) is 19.4 Å². The predicted molar refractivity (Wildman–Crippen MR) is 96.0 cm³/mol. The topological polar surface area (TPSA) is 113 Å². The fourth-order valence-corrected chi connectivity index (χ4v) is 3.00.